The molecule has 0 heterocycles. The molecule has 0 amide bonds. The lowest BCUT2D eigenvalue weighted by Crippen LogP contribution is -2.34. The molecule has 7 heteroatoms. The van der Waals surface area contributed by atoms with Gasteiger partial charge in [0, 0.05) is 0 Å². The summed E-state index contributed by atoms with van der Waals surface area (Å²) in [5.41, 5.74) is 1.18. The van der Waals surface area contributed by atoms with Crippen molar-refractivity contribution in [2.45, 2.75) is 0 Å². The third kappa shape index (κ3) is 2.79. The van der Waals surface area contributed by atoms with Gasteiger partial charge in [0.25, 0.3) is 0 Å². The molecule has 16 heavy (non-hydrogen) atoms. The average Bonchev–Trinajstić information content (AvgIpc) is 2.29. The second-order valence-corrected chi connectivity index (χ2v) is 2.66. The minimum absolute atomic E-state index is 0.404. The third-order valence-electron chi connectivity index (χ3n) is 1.63. The smallest absolute Gasteiger partial charge is 0.361 e. The molecule has 4 N–H and O–H groups in total. The van der Waals surface area contributed by atoms with Gasteiger partial charge < -0.3 is 10.3 Å². The molecule has 0 aromatic heterocycles. The fourth-order valence-electron chi connectivity index (χ4n) is 0.954. The summed E-state index contributed by atoms with van der Waals surface area (Å²) >= 11 is 0. The largest absolute Gasteiger partial charge is 0.476 e. The Morgan fingerprint density at radius 1 is 1.25 bits per heavy atom. The summed E-state index contributed by atoms with van der Waals surface area (Å²) in [6, 6.07) is 8.31. The first-order valence-electron chi connectivity index (χ1n) is 4.18. The normalized spacial score (nSPS) is 12.3. The van der Waals surface area contributed by atoms with Crippen LogP contribution in [0, 0.1) is 0 Å². The van der Waals surface area contributed by atoms with E-state index in [1.54, 1.807) is 35.8 Å². The Labute approximate surface area is 90.3 Å². The van der Waals surface area contributed by atoms with Crippen LogP contribution < -0.4 is 5.48 Å². The van der Waals surface area contributed by atoms with Crippen LogP contribution in [0.15, 0.2) is 40.5 Å². The summed E-state index contributed by atoms with van der Waals surface area (Å²) in [5.74, 6) is -1.97. The summed E-state index contributed by atoms with van der Waals surface area (Å²) < 4.78 is 0. The predicted octanol–water partition coefficient (Wildman–Crippen LogP) is 0.610. The molecule has 84 valence electrons. The van der Waals surface area contributed by atoms with Gasteiger partial charge in [-0.2, -0.15) is 0 Å². The SMILES string of the molecule is O=C(O)C(=NO)C(=Nc1ccccc1)NO. The number of nitrogens with zero attached hydrogens (tertiary/aromatic N) is 2. The summed E-state index contributed by atoms with van der Waals surface area (Å²) in [5, 5.41) is 28.3. The highest BCUT2D eigenvalue weighted by Gasteiger charge is 2.17. The van der Waals surface area contributed by atoms with E-state index >= 15 is 0 Å². The minimum atomic E-state index is -1.52. The van der Waals surface area contributed by atoms with Crippen LogP contribution in [0.5, 0.6) is 0 Å². The molecule has 1 aromatic rings. The Morgan fingerprint density at radius 2 is 1.88 bits per heavy atom. The van der Waals surface area contributed by atoms with Crippen molar-refractivity contribution >= 4 is 23.2 Å². The van der Waals surface area contributed by atoms with E-state index in [1.165, 1.54) is 0 Å². The van der Waals surface area contributed by atoms with Crippen molar-refractivity contribution in [3.05, 3.63) is 30.3 Å². The Balaban J connectivity index is 3.08. The number of benzene rings is 1. The van der Waals surface area contributed by atoms with Gasteiger partial charge in [-0.3, -0.25) is 5.21 Å². The number of carbonyl (C=O) groups is 1. The molecule has 1 aromatic carbocycles. The molecule has 0 saturated heterocycles. The van der Waals surface area contributed by atoms with Gasteiger partial charge in [0.1, 0.15) is 0 Å². The monoisotopic (exact) mass is 223 g/mol. The summed E-state index contributed by atoms with van der Waals surface area (Å²) in [4.78, 5) is 14.4. The number of aliphatic imine (C=N–C) groups is 1. The maximum Gasteiger partial charge on any atom is 0.361 e. The number of hydrogen-bond acceptors (Lipinski definition) is 5. The lowest BCUT2D eigenvalue weighted by atomic mass is 10.3. The van der Waals surface area contributed by atoms with Gasteiger partial charge in [-0.1, -0.05) is 23.4 Å². The van der Waals surface area contributed by atoms with Crippen molar-refractivity contribution < 1.29 is 20.3 Å². The van der Waals surface area contributed by atoms with Crippen LogP contribution in [0.4, 0.5) is 5.69 Å². The first kappa shape index (κ1) is 11.7. The summed E-state index contributed by atoms with van der Waals surface area (Å²) in [7, 11) is 0. The topological polar surface area (TPSA) is 115 Å². The molecule has 0 unspecified atom stereocenters. The van der Waals surface area contributed by atoms with Crippen LogP contribution in [-0.2, 0) is 4.79 Å². The highest BCUT2D eigenvalue weighted by Crippen LogP contribution is 2.09. The zero-order valence-electron chi connectivity index (χ0n) is 8.03. The zero-order valence-corrected chi connectivity index (χ0v) is 8.03. The third-order valence-corrected chi connectivity index (χ3v) is 1.63. The fourth-order valence-corrected chi connectivity index (χ4v) is 0.954. The number of hydroxylamine groups is 1. The van der Waals surface area contributed by atoms with Crippen LogP contribution in [-0.4, -0.2) is 33.0 Å². The molecule has 0 aliphatic rings. The van der Waals surface area contributed by atoms with Crippen LogP contribution in [0.25, 0.3) is 0 Å². The van der Waals surface area contributed by atoms with Gasteiger partial charge in [0.2, 0.25) is 5.71 Å². The van der Waals surface area contributed by atoms with Crippen molar-refractivity contribution in [2.75, 3.05) is 0 Å². The van der Waals surface area contributed by atoms with E-state index < -0.39 is 17.5 Å². The van der Waals surface area contributed by atoms with Crippen molar-refractivity contribution in [3.8, 4) is 0 Å². The van der Waals surface area contributed by atoms with Crippen molar-refractivity contribution in [1.29, 1.82) is 0 Å². The first-order chi connectivity index (χ1) is 7.69. The van der Waals surface area contributed by atoms with E-state index in [4.69, 9.17) is 15.5 Å². The van der Waals surface area contributed by atoms with Crippen molar-refractivity contribution in [3.63, 3.8) is 0 Å². The Kier molecular flexibility index (Phi) is 3.98. The molecule has 0 aliphatic carbocycles. The van der Waals surface area contributed by atoms with Crippen LogP contribution in [0.1, 0.15) is 0 Å². The average molecular weight is 223 g/mol. The molecule has 1 rings (SSSR count). The van der Waals surface area contributed by atoms with Crippen LogP contribution in [0.2, 0.25) is 0 Å². The maximum atomic E-state index is 10.6. The summed E-state index contributed by atoms with van der Waals surface area (Å²) in [6.45, 7) is 0. The van der Waals surface area contributed by atoms with Crippen LogP contribution >= 0.6 is 0 Å². The number of carboxylic acid groups (broad SMARTS) is 1. The molecule has 0 atom stereocenters. The Bertz CT molecular complexity index is 428. The number of amidine groups is 1. The van der Waals surface area contributed by atoms with Gasteiger partial charge in [0.05, 0.1) is 5.69 Å². The molecule has 0 bridgehead atoms. The van der Waals surface area contributed by atoms with E-state index in [2.05, 4.69) is 10.1 Å². The fraction of sp³-hybridized carbons (Fsp3) is 0. The number of rotatable bonds is 3. The number of aliphatic carboxylic acids is 1. The standard InChI is InChI=1S/C9H9N3O4/c13-9(14)7(11-15)8(12-16)10-6-4-2-1-3-5-6/h1-5,15-16H,(H,10,12)(H,13,14). The second kappa shape index (κ2) is 5.47. The van der Waals surface area contributed by atoms with Crippen molar-refractivity contribution in [2.24, 2.45) is 10.1 Å². The van der Waals surface area contributed by atoms with E-state index in [0.717, 1.165) is 0 Å². The second-order valence-electron chi connectivity index (χ2n) is 2.66. The highest BCUT2D eigenvalue weighted by molar-refractivity contribution is 6.64. The van der Waals surface area contributed by atoms with Gasteiger partial charge in [-0.25, -0.2) is 15.3 Å². The Morgan fingerprint density at radius 3 is 2.31 bits per heavy atom. The molecule has 0 saturated carbocycles. The number of para-hydroxylation sites is 1. The highest BCUT2D eigenvalue weighted by atomic mass is 16.5. The van der Waals surface area contributed by atoms with E-state index in [0.29, 0.717) is 5.69 Å². The van der Waals surface area contributed by atoms with Gasteiger partial charge in [-0.05, 0) is 12.1 Å². The maximum absolute atomic E-state index is 10.6. The quantitative estimate of drug-likeness (QED) is 0.259. The molecule has 0 aliphatic heterocycles. The van der Waals surface area contributed by atoms with Gasteiger partial charge >= 0.3 is 5.97 Å². The predicted molar refractivity (Wildman–Crippen MR) is 55.3 cm³/mol. The van der Waals surface area contributed by atoms with Gasteiger partial charge in [0.15, 0.2) is 5.84 Å². The van der Waals surface area contributed by atoms with E-state index in [9.17, 15) is 4.79 Å². The number of hydrogen-bond donors (Lipinski definition) is 4. The molecule has 0 spiro atoms. The zero-order chi connectivity index (χ0) is 12.0. The summed E-state index contributed by atoms with van der Waals surface area (Å²) in [6.07, 6.45) is 0. The van der Waals surface area contributed by atoms with E-state index in [-0.39, 0.29) is 0 Å². The lowest BCUT2D eigenvalue weighted by Gasteiger charge is -2.02. The van der Waals surface area contributed by atoms with E-state index in [1.807, 2.05) is 0 Å². The Hall–Kier alpha value is -2.41. The number of oxime groups is 1. The number of carboxylic acids is 1. The van der Waals surface area contributed by atoms with Crippen LogP contribution in [0.3, 0.4) is 0 Å². The lowest BCUT2D eigenvalue weighted by molar-refractivity contribution is -0.129. The minimum Gasteiger partial charge on any atom is -0.476 e. The molecule has 0 radical (unpaired) electrons. The molecular formula is C9H9N3O4. The first-order valence-corrected chi connectivity index (χ1v) is 4.18. The van der Waals surface area contributed by atoms with Crippen molar-refractivity contribution in [1.82, 2.24) is 5.48 Å². The van der Waals surface area contributed by atoms with Gasteiger partial charge in [-0.15, -0.1) is 0 Å². The molecular weight excluding hydrogens is 214 g/mol. The molecule has 0 fully saturated rings. The number of nitrogens with one attached hydrogen (secondary N) is 1. The molecule has 7 nitrogen and oxygen atoms in total.